The van der Waals surface area contributed by atoms with Crippen molar-refractivity contribution >= 4 is 17.5 Å². The first-order valence-electron chi connectivity index (χ1n) is 7.95. The van der Waals surface area contributed by atoms with Crippen molar-refractivity contribution in [2.75, 3.05) is 0 Å². The van der Waals surface area contributed by atoms with Gasteiger partial charge < -0.3 is 5.32 Å². The van der Waals surface area contributed by atoms with Crippen molar-refractivity contribution in [3.8, 4) is 0 Å². The topological polar surface area (TPSA) is 42.0 Å². The Morgan fingerprint density at radius 3 is 2.57 bits per heavy atom. The second-order valence-corrected chi connectivity index (χ2v) is 6.89. The minimum Gasteiger partial charge on any atom is -0.349 e. The highest BCUT2D eigenvalue weighted by molar-refractivity contribution is 6.29. The summed E-state index contributed by atoms with van der Waals surface area (Å²) < 4.78 is 0. The van der Waals surface area contributed by atoms with Crippen LogP contribution in [0.1, 0.15) is 62.5 Å². The Morgan fingerprint density at radius 2 is 1.95 bits per heavy atom. The minimum atomic E-state index is -0.0250. The van der Waals surface area contributed by atoms with Crippen LogP contribution in [0.3, 0.4) is 0 Å². The van der Waals surface area contributed by atoms with E-state index in [1.54, 1.807) is 6.07 Å². The van der Waals surface area contributed by atoms with Crippen molar-refractivity contribution in [1.82, 2.24) is 10.3 Å². The van der Waals surface area contributed by atoms with Crippen LogP contribution in [0.15, 0.2) is 12.1 Å². The fourth-order valence-corrected chi connectivity index (χ4v) is 3.63. The summed E-state index contributed by atoms with van der Waals surface area (Å²) in [4.78, 5) is 16.7. The molecule has 1 fully saturated rings. The van der Waals surface area contributed by atoms with E-state index in [1.807, 2.05) is 6.07 Å². The van der Waals surface area contributed by atoms with Gasteiger partial charge in [-0.05, 0) is 49.7 Å². The van der Waals surface area contributed by atoms with Gasteiger partial charge in [-0.2, -0.15) is 0 Å². The molecule has 4 heteroatoms. The van der Waals surface area contributed by atoms with E-state index in [9.17, 15) is 4.79 Å². The summed E-state index contributed by atoms with van der Waals surface area (Å²) in [5, 5.41) is 3.57. The monoisotopic (exact) mass is 308 g/mol. The molecular formula is C17H25ClN2O. The molecule has 2 atom stereocenters. The second kappa shape index (κ2) is 7.26. The number of aryl methyl sites for hydroxylation is 1. The standard InChI is InChI=1S/C17H25ClN2O/c1-4-5-14-9-13(10-16(18)19-14)17(21)20-15-7-11(2)6-12(3)8-15/h9-12,15H,4-8H2,1-3H3,(H,20,21). The number of carbonyl (C=O) groups is 1. The van der Waals surface area contributed by atoms with E-state index < -0.39 is 0 Å². The molecule has 1 aliphatic carbocycles. The highest BCUT2D eigenvalue weighted by Crippen LogP contribution is 2.28. The number of carbonyl (C=O) groups excluding carboxylic acids is 1. The number of aromatic nitrogens is 1. The third-order valence-corrected chi connectivity index (χ3v) is 4.32. The third kappa shape index (κ3) is 4.70. The van der Waals surface area contributed by atoms with Crippen LogP contribution in [0.2, 0.25) is 5.15 Å². The van der Waals surface area contributed by atoms with Crippen LogP contribution in [0, 0.1) is 11.8 Å². The fourth-order valence-electron chi connectivity index (χ4n) is 3.40. The largest absolute Gasteiger partial charge is 0.349 e. The van der Waals surface area contributed by atoms with Crippen molar-refractivity contribution < 1.29 is 4.79 Å². The van der Waals surface area contributed by atoms with E-state index in [4.69, 9.17) is 11.6 Å². The van der Waals surface area contributed by atoms with Gasteiger partial charge in [0.15, 0.2) is 0 Å². The summed E-state index contributed by atoms with van der Waals surface area (Å²) in [6.07, 6.45) is 5.23. The van der Waals surface area contributed by atoms with Crippen molar-refractivity contribution in [1.29, 1.82) is 0 Å². The van der Waals surface area contributed by atoms with E-state index in [0.29, 0.717) is 22.6 Å². The molecule has 1 amide bonds. The van der Waals surface area contributed by atoms with E-state index >= 15 is 0 Å². The van der Waals surface area contributed by atoms with E-state index in [-0.39, 0.29) is 11.9 Å². The van der Waals surface area contributed by atoms with Gasteiger partial charge in [0.05, 0.1) is 0 Å². The van der Waals surface area contributed by atoms with Crippen LogP contribution in [-0.4, -0.2) is 16.9 Å². The molecule has 21 heavy (non-hydrogen) atoms. The Balaban J connectivity index is 2.06. The van der Waals surface area contributed by atoms with Crippen LogP contribution in [0.5, 0.6) is 0 Å². The molecule has 2 rings (SSSR count). The lowest BCUT2D eigenvalue weighted by Crippen LogP contribution is -2.40. The molecule has 0 bridgehead atoms. The first kappa shape index (κ1) is 16.3. The van der Waals surface area contributed by atoms with Crippen LogP contribution in [0.25, 0.3) is 0 Å². The predicted octanol–water partition coefficient (Wildman–Crippen LogP) is 4.24. The number of pyridine rings is 1. The number of amides is 1. The SMILES string of the molecule is CCCc1cc(C(=O)NC2CC(C)CC(C)C2)cc(Cl)n1. The lowest BCUT2D eigenvalue weighted by atomic mass is 9.80. The van der Waals surface area contributed by atoms with Crippen molar-refractivity contribution in [2.45, 2.75) is 58.9 Å². The molecule has 0 saturated heterocycles. The lowest BCUT2D eigenvalue weighted by molar-refractivity contribution is 0.0911. The molecule has 0 aliphatic heterocycles. The number of halogens is 1. The molecule has 0 spiro atoms. The first-order chi connectivity index (χ1) is 9.97. The van der Waals surface area contributed by atoms with E-state index in [0.717, 1.165) is 31.4 Å². The van der Waals surface area contributed by atoms with Crippen molar-refractivity contribution in [2.24, 2.45) is 11.8 Å². The van der Waals surface area contributed by atoms with Gasteiger partial charge in [0.1, 0.15) is 5.15 Å². The molecule has 1 saturated carbocycles. The van der Waals surface area contributed by atoms with Gasteiger partial charge in [0, 0.05) is 17.3 Å². The van der Waals surface area contributed by atoms with E-state index in [2.05, 4.69) is 31.1 Å². The molecule has 1 aromatic heterocycles. The number of nitrogens with one attached hydrogen (secondary N) is 1. The average molecular weight is 309 g/mol. The molecule has 1 aromatic rings. The zero-order valence-corrected chi connectivity index (χ0v) is 13.9. The molecule has 0 radical (unpaired) electrons. The molecular weight excluding hydrogens is 284 g/mol. The Labute approximate surface area is 132 Å². The Kier molecular flexibility index (Phi) is 5.63. The van der Waals surface area contributed by atoms with Crippen LogP contribution in [0.4, 0.5) is 0 Å². The van der Waals surface area contributed by atoms with Gasteiger partial charge in [-0.25, -0.2) is 4.98 Å². The lowest BCUT2D eigenvalue weighted by Gasteiger charge is -2.32. The maximum absolute atomic E-state index is 12.4. The molecule has 2 unspecified atom stereocenters. The second-order valence-electron chi connectivity index (χ2n) is 6.51. The summed E-state index contributed by atoms with van der Waals surface area (Å²) in [6.45, 7) is 6.61. The van der Waals surface area contributed by atoms with Gasteiger partial charge in [0.2, 0.25) is 0 Å². The summed E-state index contributed by atoms with van der Waals surface area (Å²) in [5.74, 6) is 1.33. The molecule has 1 N–H and O–H groups in total. The average Bonchev–Trinajstić information content (AvgIpc) is 2.37. The molecule has 1 aliphatic rings. The zero-order valence-electron chi connectivity index (χ0n) is 13.2. The zero-order chi connectivity index (χ0) is 15.4. The number of hydrogen-bond donors (Lipinski definition) is 1. The van der Waals surface area contributed by atoms with Gasteiger partial charge in [-0.15, -0.1) is 0 Å². The van der Waals surface area contributed by atoms with Crippen molar-refractivity contribution in [3.63, 3.8) is 0 Å². The smallest absolute Gasteiger partial charge is 0.251 e. The van der Waals surface area contributed by atoms with Crippen LogP contribution in [-0.2, 0) is 6.42 Å². The van der Waals surface area contributed by atoms with E-state index in [1.165, 1.54) is 6.42 Å². The number of nitrogens with zero attached hydrogens (tertiary/aromatic N) is 1. The Hall–Kier alpha value is -1.09. The predicted molar refractivity (Wildman–Crippen MR) is 86.7 cm³/mol. The summed E-state index contributed by atoms with van der Waals surface area (Å²) in [7, 11) is 0. The van der Waals surface area contributed by atoms with Gasteiger partial charge in [-0.3, -0.25) is 4.79 Å². The van der Waals surface area contributed by atoms with Crippen LogP contribution >= 0.6 is 11.6 Å². The summed E-state index contributed by atoms with van der Waals surface area (Å²) >= 11 is 6.03. The maximum Gasteiger partial charge on any atom is 0.251 e. The van der Waals surface area contributed by atoms with Crippen molar-refractivity contribution in [3.05, 3.63) is 28.5 Å². The molecule has 1 heterocycles. The Morgan fingerprint density at radius 1 is 1.29 bits per heavy atom. The van der Waals surface area contributed by atoms with Gasteiger partial charge in [-0.1, -0.05) is 38.8 Å². The summed E-state index contributed by atoms with van der Waals surface area (Å²) in [6, 6.07) is 3.80. The molecule has 3 nitrogen and oxygen atoms in total. The van der Waals surface area contributed by atoms with Gasteiger partial charge >= 0.3 is 0 Å². The highest BCUT2D eigenvalue weighted by atomic mass is 35.5. The molecule has 0 aromatic carbocycles. The maximum atomic E-state index is 12.4. The normalized spacial score (nSPS) is 25.6. The quantitative estimate of drug-likeness (QED) is 0.845. The van der Waals surface area contributed by atoms with Gasteiger partial charge in [0.25, 0.3) is 5.91 Å². The number of rotatable bonds is 4. The van der Waals surface area contributed by atoms with Crippen LogP contribution < -0.4 is 5.32 Å². The third-order valence-electron chi connectivity index (χ3n) is 4.13. The first-order valence-corrected chi connectivity index (χ1v) is 8.33. The highest BCUT2D eigenvalue weighted by Gasteiger charge is 2.25. The molecule has 116 valence electrons. The number of hydrogen-bond acceptors (Lipinski definition) is 2. The summed E-state index contributed by atoms with van der Waals surface area (Å²) in [5.41, 5.74) is 1.52. The fraction of sp³-hybridized carbons (Fsp3) is 0.647. The minimum absolute atomic E-state index is 0.0250. The Bertz CT molecular complexity index is 494.